The molecule has 1 aromatic carbocycles. The lowest BCUT2D eigenvalue weighted by Crippen LogP contribution is -2.36. The van der Waals surface area contributed by atoms with E-state index in [-0.39, 0.29) is 6.03 Å². The van der Waals surface area contributed by atoms with E-state index >= 15 is 0 Å². The summed E-state index contributed by atoms with van der Waals surface area (Å²) in [6.07, 6.45) is 1.71. The summed E-state index contributed by atoms with van der Waals surface area (Å²) in [6.45, 7) is 1.26. The highest BCUT2D eigenvalue weighted by atomic mass is 32.1. The van der Waals surface area contributed by atoms with Crippen molar-refractivity contribution >= 4 is 34.2 Å². The Bertz CT molecular complexity index is 916. The third kappa shape index (κ3) is 3.89. The van der Waals surface area contributed by atoms with E-state index in [1.54, 1.807) is 43.5 Å². The summed E-state index contributed by atoms with van der Waals surface area (Å²) >= 11 is 1.49. The SMILES string of the molecule is COCCN(Cc1nccs1)C(=O)Nc1ccc2c(c1)oc(=O)n2C. The molecule has 8 nitrogen and oxygen atoms in total. The second-order valence-electron chi connectivity index (χ2n) is 5.38. The number of nitrogens with zero attached hydrogens (tertiary/aromatic N) is 3. The Morgan fingerprint density at radius 2 is 2.32 bits per heavy atom. The molecule has 0 aliphatic heterocycles. The van der Waals surface area contributed by atoms with Gasteiger partial charge in [0.25, 0.3) is 0 Å². The molecular weight excluding hydrogens is 344 g/mol. The molecule has 0 atom stereocenters. The van der Waals surface area contributed by atoms with Gasteiger partial charge in [-0.3, -0.25) is 4.57 Å². The van der Waals surface area contributed by atoms with Crippen molar-refractivity contribution in [3.63, 3.8) is 0 Å². The van der Waals surface area contributed by atoms with E-state index in [4.69, 9.17) is 9.15 Å². The predicted molar refractivity (Wildman–Crippen MR) is 94.9 cm³/mol. The molecule has 1 N–H and O–H groups in total. The number of thiazole rings is 1. The van der Waals surface area contributed by atoms with Gasteiger partial charge in [-0.25, -0.2) is 14.6 Å². The van der Waals surface area contributed by atoms with Crippen molar-refractivity contribution in [2.75, 3.05) is 25.6 Å². The minimum absolute atomic E-state index is 0.273. The zero-order valence-electron chi connectivity index (χ0n) is 13.9. The Morgan fingerprint density at radius 3 is 3.04 bits per heavy atom. The van der Waals surface area contributed by atoms with Gasteiger partial charge in [0.2, 0.25) is 0 Å². The van der Waals surface area contributed by atoms with E-state index in [1.807, 2.05) is 5.38 Å². The van der Waals surface area contributed by atoms with Crippen LogP contribution < -0.4 is 11.1 Å². The molecule has 0 spiro atoms. The number of aryl methyl sites for hydroxylation is 1. The molecule has 0 saturated carbocycles. The zero-order chi connectivity index (χ0) is 17.8. The number of carbonyl (C=O) groups is 1. The first-order chi connectivity index (χ1) is 12.1. The third-order valence-electron chi connectivity index (χ3n) is 3.71. The fourth-order valence-electron chi connectivity index (χ4n) is 2.36. The highest BCUT2D eigenvalue weighted by Crippen LogP contribution is 2.18. The number of benzene rings is 1. The van der Waals surface area contributed by atoms with Crippen molar-refractivity contribution in [2.24, 2.45) is 7.05 Å². The fraction of sp³-hybridized carbons (Fsp3) is 0.312. The average molecular weight is 362 g/mol. The molecule has 25 heavy (non-hydrogen) atoms. The van der Waals surface area contributed by atoms with Crippen LogP contribution in [0.4, 0.5) is 10.5 Å². The molecule has 9 heteroatoms. The second-order valence-corrected chi connectivity index (χ2v) is 6.36. The highest BCUT2D eigenvalue weighted by Gasteiger charge is 2.16. The molecule has 0 fully saturated rings. The quantitative estimate of drug-likeness (QED) is 0.726. The van der Waals surface area contributed by atoms with Crippen LogP contribution in [0, 0.1) is 0 Å². The summed E-state index contributed by atoms with van der Waals surface area (Å²) < 4.78 is 11.6. The van der Waals surface area contributed by atoms with Gasteiger partial charge in [-0.05, 0) is 12.1 Å². The van der Waals surface area contributed by atoms with Gasteiger partial charge in [-0.1, -0.05) is 0 Å². The Hall–Kier alpha value is -2.65. The Balaban J connectivity index is 1.76. The van der Waals surface area contributed by atoms with Gasteiger partial charge in [0, 0.05) is 44.0 Å². The molecule has 0 unspecified atom stereocenters. The second kappa shape index (κ2) is 7.49. The molecule has 0 aliphatic carbocycles. The lowest BCUT2D eigenvalue weighted by molar-refractivity contribution is 0.153. The molecule has 2 aromatic heterocycles. The molecule has 0 saturated heterocycles. The van der Waals surface area contributed by atoms with E-state index in [9.17, 15) is 9.59 Å². The number of fused-ring (bicyclic) bond motifs is 1. The number of anilines is 1. The van der Waals surface area contributed by atoms with Gasteiger partial charge in [-0.2, -0.15) is 0 Å². The largest absolute Gasteiger partial charge is 0.419 e. The van der Waals surface area contributed by atoms with Crippen molar-refractivity contribution < 1.29 is 13.9 Å². The van der Waals surface area contributed by atoms with Gasteiger partial charge in [-0.15, -0.1) is 11.3 Å². The maximum Gasteiger partial charge on any atom is 0.419 e. The summed E-state index contributed by atoms with van der Waals surface area (Å²) in [5.74, 6) is -0.441. The third-order valence-corrected chi connectivity index (χ3v) is 4.47. The molecule has 132 valence electrons. The standard InChI is InChI=1S/C16H18N4O4S/c1-19-12-4-3-11(9-13(12)24-16(19)22)18-15(21)20(6-7-23-2)10-14-17-5-8-25-14/h3-5,8-9H,6-7,10H2,1-2H3,(H,18,21). The molecule has 0 radical (unpaired) electrons. The minimum Gasteiger partial charge on any atom is -0.408 e. The van der Waals surface area contributed by atoms with E-state index in [1.165, 1.54) is 15.9 Å². The monoisotopic (exact) mass is 362 g/mol. The predicted octanol–water partition coefficient (Wildman–Crippen LogP) is 2.27. The first kappa shape index (κ1) is 17.2. The number of aromatic nitrogens is 2. The van der Waals surface area contributed by atoms with Crippen molar-refractivity contribution in [1.82, 2.24) is 14.5 Å². The number of methoxy groups -OCH3 is 1. The molecule has 3 rings (SSSR count). The zero-order valence-corrected chi connectivity index (χ0v) is 14.7. The lowest BCUT2D eigenvalue weighted by Gasteiger charge is -2.21. The number of amides is 2. The van der Waals surface area contributed by atoms with Gasteiger partial charge in [0.1, 0.15) is 5.01 Å². The van der Waals surface area contributed by atoms with Crippen LogP contribution in [-0.4, -0.2) is 40.7 Å². The van der Waals surface area contributed by atoms with E-state index < -0.39 is 5.76 Å². The molecule has 2 amide bonds. The average Bonchev–Trinajstić information content (AvgIpc) is 3.20. The summed E-state index contributed by atoms with van der Waals surface area (Å²) in [5.41, 5.74) is 1.64. The smallest absolute Gasteiger partial charge is 0.408 e. The van der Waals surface area contributed by atoms with Crippen LogP contribution >= 0.6 is 11.3 Å². The van der Waals surface area contributed by atoms with Crippen LogP contribution in [0.1, 0.15) is 5.01 Å². The Morgan fingerprint density at radius 1 is 1.48 bits per heavy atom. The molecular formula is C16H18N4O4S. The normalized spacial score (nSPS) is 11.0. The number of nitrogens with one attached hydrogen (secondary N) is 1. The fourth-order valence-corrected chi connectivity index (χ4v) is 2.99. The maximum absolute atomic E-state index is 12.6. The van der Waals surface area contributed by atoms with Crippen LogP contribution in [0.5, 0.6) is 0 Å². The van der Waals surface area contributed by atoms with Gasteiger partial charge in [0.15, 0.2) is 5.58 Å². The first-order valence-corrected chi connectivity index (χ1v) is 8.49. The number of hydrogen-bond acceptors (Lipinski definition) is 6. The molecule has 0 aliphatic rings. The van der Waals surface area contributed by atoms with Crippen LogP contribution in [0.3, 0.4) is 0 Å². The number of carbonyl (C=O) groups excluding carboxylic acids is 1. The van der Waals surface area contributed by atoms with Crippen LogP contribution in [0.25, 0.3) is 11.1 Å². The minimum atomic E-state index is -0.441. The number of oxazole rings is 1. The van der Waals surface area contributed by atoms with Crippen molar-refractivity contribution in [2.45, 2.75) is 6.54 Å². The van der Waals surface area contributed by atoms with Crippen molar-refractivity contribution in [3.8, 4) is 0 Å². The Labute approximate surface area is 147 Å². The van der Waals surface area contributed by atoms with Gasteiger partial charge in [0.05, 0.1) is 18.7 Å². The Kier molecular flexibility index (Phi) is 5.15. The molecule has 0 bridgehead atoms. The van der Waals surface area contributed by atoms with Crippen LogP contribution in [0.15, 0.2) is 39.0 Å². The number of ether oxygens (including phenoxy) is 1. The maximum atomic E-state index is 12.6. The van der Waals surface area contributed by atoms with E-state index in [2.05, 4.69) is 10.3 Å². The summed E-state index contributed by atoms with van der Waals surface area (Å²) in [6, 6.07) is 4.82. The van der Waals surface area contributed by atoms with Gasteiger partial charge >= 0.3 is 11.8 Å². The molecule has 2 heterocycles. The van der Waals surface area contributed by atoms with Crippen molar-refractivity contribution in [1.29, 1.82) is 0 Å². The number of urea groups is 1. The van der Waals surface area contributed by atoms with Crippen molar-refractivity contribution in [3.05, 3.63) is 45.3 Å². The van der Waals surface area contributed by atoms with E-state index in [0.717, 1.165) is 5.01 Å². The first-order valence-electron chi connectivity index (χ1n) is 7.61. The molecule has 3 aromatic rings. The highest BCUT2D eigenvalue weighted by molar-refractivity contribution is 7.09. The van der Waals surface area contributed by atoms with Gasteiger partial charge < -0.3 is 19.4 Å². The van der Waals surface area contributed by atoms with E-state index in [0.29, 0.717) is 36.5 Å². The summed E-state index contributed by atoms with van der Waals surface area (Å²) in [5, 5.41) is 5.53. The van der Waals surface area contributed by atoms with Crippen LogP contribution in [0.2, 0.25) is 0 Å². The summed E-state index contributed by atoms with van der Waals surface area (Å²) in [4.78, 5) is 30.0. The summed E-state index contributed by atoms with van der Waals surface area (Å²) in [7, 11) is 3.22. The number of rotatable bonds is 6. The lowest BCUT2D eigenvalue weighted by atomic mass is 10.3. The van der Waals surface area contributed by atoms with Crippen LogP contribution in [-0.2, 0) is 18.3 Å². The number of hydrogen-bond donors (Lipinski definition) is 1. The topological polar surface area (TPSA) is 89.6 Å².